The first-order chi connectivity index (χ1) is 17.0. The van der Waals surface area contributed by atoms with Crippen LogP contribution in [0.3, 0.4) is 0 Å². The van der Waals surface area contributed by atoms with Crippen molar-refractivity contribution in [3.8, 4) is 11.5 Å². The van der Waals surface area contributed by atoms with Crippen LogP contribution in [-0.4, -0.2) is 60.4 Å². The summed E-state index contributed by atoms with van der Waals surface area (Å²) >= 11 is 0. The van der Waals surface area contributed by atoms with Gasteiger partial charge in [-0.2, -0.15) is 0 Å². The van der Waals surface area contributed by atoms with E-state index < -0.39 is 0 Å². The van der Waals surface area contributed by atoms with Crippen LogP contribution in [0.15, 0.2) is 66.7 Å². The maximum atomic E-state index is 13.2. The van der Waals surface area contributed by atoms with Crippen molar-refractivity contribution in [1.29, 1.82) is 0 Å². The Labute approximate surface area is 208 Å². The third-order valence-electron chi connectivity index (χ3n) is 7.15. The van der Waals surface area contributed by atoms with Crippen molar-refractivity contribution in [3.63, 3.8) is 0 Å². The largest absolute Gasteiger partial charge is 0.457 e. The number of fused-ring (bicyclic) bond motifs is 1. The molecule has 3 aromatic carbocycles. The average molecular weight is 470 g/mol. The monoisotopic (exact) mass is 469 g/mol. The number of para-hydroxylation sites is 1. The first kappa shape index (κ1) is 23.6. The van der Waals surface area contributed by atoms with Crippen molar-refractivity contribution in [2.24, 2.45) is 0 Å². The highest BCUT2D eigenvalue weighted by molar-refractivity contribution is 5.99. The number of nitrogens with zero attached hydrogens (tertiary/aromatic N) is 3. The molecule has 182 valence electrons. The van der Waals surface area contributed by atoms with Crippen molar-refractivity contribution < 1.29 is 9.53 Å². The summed E-state index contributed by atoms with van der Waals surface area (Å²) < 4.78 is 5.89. The molecule has 3 aromatic rings. The lowest BCUT2D eigenvalue weighted by molar-refractivity contribution is 0.0766. The fraction of sp³-hybridized carbons (Fsp3) is 0.367. The Balaban J connectivity index is 1.17. The van der Waals surface area contributed by atoms with Crippen molar-refractivity contribution in [2.45, 2.75) is 32.9 Å². The summed E-state index contributed by atoms with van der Waals surface area (Å²) in [5.74, 6) is 1.76. The van der Waals surface area contributed by atoms with Crippen LogP contribution < -0.4 is 4.74 Å². The van der Waals surface area contributed by atoms with Crippen LogP contribution in [0.4, 0.5) is 0 Å². The molecule has 0 radical (unpaired) electrons. The lowest BCUT2D eigenvalue weighted by atomic mass is 9.98. The van der Waals surface area contributed by atoms with E-state index in [1.165, 1.54) is 37.3 Å². The SMILES string of the molecule is Cc1cc(CCCN2CCN(C)CC2)cc2c1C(=O)N(Cc1ccc(Oc3ccccc3)cc1)C2. The molecule has 5 nitrogen and oxygen atoms in total. The number of likely N-dealkylation sites (N-methyl/N-ethyl adjacent to an activating group) is 1. The molecule has 1 fully saturated rings. The molecular weight excluding hydrogens is 434 g/mol. The highest BCUT2D eigenvalue weighted by Gasteiger charge is 2.29. The van der Waals surface area contributed by atoms with Gasteiger partial charge in [-0.1, -0.05) is 42.5 Å². The number of hydrogen-bond acceptors (Lipinski definition) is 4. The minimum atomic E-state index is 0.145. The molecule has 5 heteroatoms. The first-order valence-electron chi connectivity index (χ1n) is 12.7. The van der Waals surface area contributed by atoms with E-state index in [-0.39, 0.29) is 5.91 Å². The van der Waals surface area contributed by atoms with Gasteiger partial charge in [0.2, 0.25) is 0 Å². The van der Waals surface area contributed by atoms with Crippen LogP contribution in [0, 0.1) is 6.92 Å². The second kappa shape index (κ2) is 10.6. The third-order valence-corrected chi connectivity index (χ3v) is 7.15. The highest BCUT2D eigenvalue weighted by atomic mass is 16.5. The summed E-state index contributed by atoms with van der Waals surface area (Å²) in [6.07, 6.45) is 2.23. The minimum Gasteiger partial charge on any atom is -0.457 e. The smallest absolute Gasteiger partial charge is 0.255 e. The van der Waals surface area contributed by atoms with Crippen molar-refractivity contribution in [2.75, 3.05) is 39.8 Å². The van der Waals surface area contributed by atoms with Gasteiger partial charge < -0.3 is 19.4 Å². The number of ether oxygens (including phenoxy) is 1. The summed E-state index contributed by atoms with van der Waals surface area (Å²) in [5, 5.41) is 0. The fourth-order valence-electron chi connectivity index (χ4n) is 5.17. The molecule has 2 heterocycles. The van der Waals surface area contributed by atoms with Crippen LogP contribution in [-0.2, 0) is 19.5 Å². The Morgan fingerprint density at radius 1 is 0.857 bits per heavy atom. The van der Waals surface area contributed by atoms with Gasteiger partial charge >= 0.3 is 0 Å². The standard InChI is InChI=1S/C30H35N3O2/c1-23-19-25(7-6-14-32-17-15-31(2)16-18-32)20-26-22-33(30(34)29(23)26)21-24-10-12-28(13-11-24)35-27-8-4-3-5-9-27/h3-5,8-13,19-20H,6-7,14-18,21-22H2,1-2H3. The Morgan fingerprint density at radius 3 is 2.31 bits per heavy atom. The van der Waals surface area contributed by atoms with Crippen molar-refractivity contribution in [1.82, 2.24) is 14.7 Å². The topological polar surface area (TPSA) is 36.0 Å². The van der Waals surface area contributed by atoms with Gasteiger partial charge in [0.15, 0.2) is 0 Å². The van der Waals surface area contributed by atoms with E-state index in [9.17, 15) is 4.79 Å². The van der Waals surface area contributed by atoms with Gasteiger partial charge in [-0.15, -0.1) is 0 Å². The van der Waals surface area contributed by atoms with Crippen LogP contribution in [0.1, 0.15) is 39.0 Å². The van der Waals surface area contributed by atoms with E-state index in [4.69, 9.17) is 4.74 Å². The van der Waals surface area contributed by atoms with Gasteiger partial charge in [-0.25, -0.2) is 0 Å². The summed E-state index contributed by atoms with van der Waals surface area (Å²) in [6, 6.07) is 22.3. The molecule has 1 amide bonds. The second-order valence-corrected chi connectivity index (χ2v) is 9.92. The molecule has 0 aromatic heterocycles. The predicted molar refractivity (Wildman–Crippen MR) is 140 cm³/mol. The van der Waals surface area contributed by atoms with Crippen LogP contribution in [0.2, 0.25) is 0 Å². The lowest BCUT2D eigenvalue weighted by Gasteiger charge is -2.32. The molecule has 0 bridgehead atoms. The van der Waals surface area contributed by atoms with E-state index >= 15 is 0 Å². The highest BCUT2D eigenvalue weighted by Crippen LogP contribution is 2.30. The van der Waals surface area contributed by atoms with E-state index in [2.05, 4.69) is 35.9 Å². The maximum Gasteiger partial charge on any atom is 0.255 e. The molecule has 0 aliphatic carbocycles. The molecule has 0 N–H and O–H groups in total. The molecule has 2 aliphatic heterocycles. The molecule has 1 saturated heterocycles. The quantitative estimate of drug-likeness (QED) is 0.459. The van der Waals surface area contributed by atoms with Crippen molar-refractivity contribution >= 4 is 5.91 Å². The van der Waals surface area contributed by atoms with Gasteiger partial charge in [0.25, 0.3) is 5.91 Å². The third kappa shape index (κ3) is 5.75. The van der Waals surface area contributed by atoms with E-state index in [0.29, 0.717) is 13.1 Å². The number of piperazine rings is 1. The number of rotatable bonds is 8. The lowest BCUT2D eigenvalue weighted by Crippen LogP contribution is -2.44. The predicted octanol–water partition coefficient (Wildman–Crippen LogP) is 5.12. The Bertz CT molecular complexity index is 1150. The van der Waals surface area contributed by atoms with Crippen molar-refractivity contribution in [3.05, 3.63) is 94.5 Å². The molecule has 0 spiro atoms. The molecule has 5 rings (SSSR count). The maximum absolute atomic E-state index is 13.2. The summed E-state index contributed by atoms with van der Waals surface area (Å²) in [5.41, 5.74) is 5.64. The fourth-order valence-corrected chi connectivity index (χ4v) is 5.17. The summed E-state index contributed by atoms with van der Waals surface area (Å²) in [6.45, 7) is 9.20. The number of benzene rings is 3. The molecular formula is C30H35N3O2. The van der Waals surface area contributed by atoms with Gasteiger partial charge in [-0.05, 0) is 79.9 Å². The number of carbonyl (C=O) groups excluding carboxylic acids is 1. The Hall–Kier alpha value is -3.15. The first-order valence-corrected chi connectivity index (χ1v) is 12.7. The summed E-state index contributed by atoms with van der Waals surface area (Å²) in [7, 11) is 2.20. The van der Waals surface area contributed by atoms with Crippen LogP contribution in [0.5, 0.6) is 11.5 Å². The van der Waals surface area contributed by atoms with E-state index in [1.54, 1.807) is 0 Å². The van der Waals surface area contributed by atoms with Crippen LogP contribution in [0.25, 0.3) is 0 Å². The zero-order valence-corrected chi connectivity index (χ0v) is 20.9. The van der Waals surface area contributed by atoms with Gasteiger partial charge in [-0.3, -0.25) is 4.79 Å². The molecule has 0 unspecified atom stereocenters. The number of amides is 1. The van der Waals surface area contributed by atoms with Crippen LogP contribution >= 0.6 is 0 Å². The molecule has 0 atom stereocenters. The number of aryl methyl sites for hydroxylation is 2. The molecule has 2 aliphatic rings. The molecule has 35 heavy (non-hydrogen) atoms. The minimum absolute atomic E-state index is 0.145. The normalized spacial score (nSPS) is 16.5. The zero-order valence-electron chi connectivity index (χ0n) is 20.9. The van der Waals surface area contributed by atoms with E-state index in [1.807, 2.05) is 59.5 Å². The number of hydrogen-bond donors (Lipinski definition) is 0. The second-order valence-electron chi connectivity index (χ2n) is 9.92. The van der Waals surface area contributed by atoms with Gasteiger partial charge in [0.05, 0.1) is 0 Å². The average Bonchev–Trinajstić information content (AvgIpc) is 3.17. The molecule has 0 saturated carbocycles. The number of carbonyl (C=O) groups is 1. The van der Waals surface area contributed by atoms with Gasteiger partial charge in [0, 0.05) is 44.8 Å². The summed E-state index contributed by atoms with van der Waals surface area (Å²) in [4.78, 5) is 20.1. The Kier molecular flexibility index (Phi) is 7.16. The van der Waals surface area contributed by atoms with Gasteiger partial charge in [0.1, 0.15) is 11.5 Å². The van der Waals surface area contributed by atoms with E-state index in [0.717, 1.165) is 47.6 Å². The zero-order chi connectivity index (χ0) is 24.2. The Morgan fingerprint density at radius 2 is 1.57 bits per heavy atom.